The van der Waals surface area contributed by atoms with Crippen molar-refractivity contribution >= 4 is 17.3 Å². The van der Waals surface area contributed by atoms with Gasteiger partial charge in [-0.05, 0) is 53.7 Å². The standard InChI is InChI=1S/C15H20ClN5/c1-15(2)8-6-10(7-9-15)21-14(18-19-20-21)11-4-3-5-12(17)13(11)16/h3-5,10H,6-9,17H2,1-2H3. The van der Waals surface area contributed by atoms with Crippen LogP contribution in [0.1, 0.15) is 45.6 Å². The number of rotatable bonds is 2. The van der Waals surface area contributed by atoms with Crippen molar-refractivity contribution < 1.29 is 0 Å². The number of nitrogens with two attached hydrogens (primary N) is 1. The maximum absolute atomic E-state index is 6.31. The molecule has 0 radical (unpaired) electrons. The van der Waals surface area contributed by atoms with Gasteiger partial charge >= 0.3 is 0 Å². The van der Waals surface area contributed by atoms with E-state index in [2.05, 4.69) is 29.4 Å². The number of benzene rings is 1. The van der Waals surface area contributed by atoms with Crippen molar-refractivity contribution in [1.82, 2.24) is 20.2 Å². The van der Waals surface area contributed by atoms with Crippen LogP contribution in [0, 0.1) is 5.41 Å². The maximum atomic E-state index is 6.31. The minimum atomic E-state index is 0.334. The molecule has 2 aromatic rings. The molecule has 1 fully saturated rings. The number of hydrogen-bond acceptors (Lipinski definition) is 4. The Morgan fingerprint density at radius 2 is 2.00 bits per heavy atom. The summed E-state index contributed by atoms with van der Waals surface area (Å²) in [6.45, 7) is 4.64. The van der Waals surface area contributed by atoms with Crippen LogP contribution in [0.5, 0.6) is 0 Å². The number of halogens is 1. The first-order valence-corrected chi connectivity index (χ1v) is 7.68. The van der Waals surface area contributed by atoms with Crippen LogP contribution in [0.4, 0.5) is 5.69 Å². The molecule has 0 aliphatic heterocycles. The van der Waals surface area contributed by atoms with Gasteiger partial charge in [0.25, 0.3) is 0 Å². The van der Waals surface area contributed by atoms with Crippen molar-refractivity contribution in [3.63, 3.8) is 0 Å². The molecule has 1 heterocycles. The second-order valence-electron chi connectivity index (χ2n) is 6.55. The number of aromatic nitrogens is 4. The molecule has 6 heteroatoms. The Hall–Kier alpha value is -1.62. The molecule has 1 aliphatic carbocycles. The number of nitrogen functional groups attached to an aromatic ring is 1. The third kappa shape index (κ3) is 2.75. The minimum absolute atomic E-state index is 0.334. The Morgan fingerprint density at radius 3 is 2.71 bits per heavy atom. The van der Waals surface area contributed by atoms with E-state index in [1.54, 1.807) is 6.07 Å². The summed E-state index contributed by atoms with van der Waals surface area (Å²) in [5, 5.41) is 12.7. The molecule has 21 heavy (non-hydrogen) atoms. The van der Waals surface area contributed by atoms with Crippen LogP contribution in [-0.4, -0.2) is 20.2 Å². The fraction of sp³-hybridized carbons (Fsp3) is 0.533. The third-order valence-electron chi connectivity index (χ3n) is 4.42. The van der Waals surface area contributed by atoms with Crippen molar-refractivity contribution in [1.29, 1.82) is 0 Å². The van der Waals surface area contributed by atoms with Crippen LogP contribution in [-0.2, 0) is 0 Å². The van der Waals surface area contributed by atoms with E-state index < -0.39 is 0 Å². The van der Waals surface area contributed by atoms with Gasteiger partial charge in [0.2, 0.25) is 0 Å². The average Bonchev–Trinajstić information content (AvgIpc) is 2.91. The zero-order valence-corrected chi connectivity index (χ0v) is 13.1. The number of nitrogens with zero attached hydrogens (tertiary/aromatic N) is 4. The van der Waals surface area contributed by atoms with Crippen LogP contribution < -0.4 is 5.73 Å². The Morgan fingerprint density at radius 1 is 1.29 bits per heavy atom. The fourth-order valence-corrected chi connectivity index (χ4v) is 3.18. The van der Waals surface area contributed by atoms with Crippen molar-refractivity contribution in [2.45, 2.75) is 45.6 Å². The van der Waals surface area contributed by atoms with Crippen molar-refractivity contribution in [3.8, 4) is 11.4 Å². The maximum Gasteiger partial charge on any atom is 0.183 e. The highest BCUT2D eigenvalue weighted by molar-refractivity contribution is 6.35. The average molecular weight is 306 g/mol. The Balaban J connectivity index is 1.93. The molecule has 0 unspecified atom stereocenters. The SMILES string of the molecule is CC1(C)CCC(n2nnnc2-c2cccc(N)c2Cl)CC1. The first kappa shape index (κ1) is 14.3. The topological polar surface area (TPSA) is 69.6 Å². The predicted molar refractivity (Wildman–Crippen MR) is 84.0 cm³/mol. The summed E-state index contributed by atoms with van der Waals surface area (Å²) in [5.74, 6) is 0.706. The highest BCUT2D eigenvalue weighted by Crippen LogP contribution is 2.41. The lowest BCUT2D eigenvalue weighted by Gasteiger charge is -2.34. The summed E-state index contributed by atoms with van der Waals surface area (Å²) in [6, 6.07) is 5.90. The monoisotopic (exact) mass is 305 g/mol. The predicted octanol–water partition coefficient (Wildman–Crippen LogP) is 3.72. The van der Waals surface area contributed by atoms with Gasteiger partial charge in [-0.3, -0.25) is 0 Å². The summed E-state index contributed by atoms with van der Waals surface area (Å²) in [7, 11) is 0. The first-order valence-electron chi connectivity index (χ1n) is 7.30. The Bertz CT molecular complexity index is 639. The van der Waals surface area contributed by atoms with Crippen molar-refractivity contribution in [2.24, 2.45) is 5.41 Å². The highest BCUT2D eigenvalue weighted by Gasteiger charge is 2.30. The van der Waals surface area contributed by atoms with Crippen LogP contribution in [0.3, 0.4) is 0 Å². The summed E-state index contributed by atoms with van der Waals surface area (Å²) in [4.78, 5) is 0. The van der Waals surface area contributed by atoms with Gasteiger partial charge < -0.3 is 5.73 Å². The lowest BCUT2D eigenvalue weighted by atomic mass is 9.75. The lowest BCUT2D eigenvalue weighted by molar-refractivity contribution is 0.185. The second-order valence-corrected chi connectivity index (χ2v) is 6.93. The largest absolute Gasteiger partial charge is 0.398 e. The van der Waals surface area contributed by atoms with Gasteiger partial charge in [0.15, 0.2) is 5.82 Å². The minimum Gasteiger partial charge on any atom is -0.398 e. The van der Waals surface area contributed by atoms with Crippen molar-refractivity contribution in [2.75, 3.05) is 5.73 Å². The van der Waals surface area contributed by atoms with E-state index in [1.807, 2.05) is 16.8 Å². The van der Waals surface area contributed by atoms with Gasteiger partial charge in [0, 0.05) is 5.56 Å². The molecule has 0 amide bonds. The quantitative estimate of drug-likeness (QED) is 0.859. The van der Waals surface area contributed by atoms with Gasteiger partial charge in [-0.2, -0.15) is 0 Å². The molecular weight excluding hydrogens is 286 g/mol. The number of tetrazole rings is 1. The molecule has 0 saturated heterocycles. The summed E-state index contributed by atoms with van der Waals surface area (Å²) in [6.07, 6.45) is 4.54. The molecule has 5 nitrogen and oxygen atoms in total. The number of hydrogen-bond donors (Lipinski definition) is 1. The summed E-state index contributed by atoms with van der Waals surface area (Å²) in [5.41, 5.74) is 7.64. The lowest BCUT2D eigenvalue weighted by Crippen LogP contribution is -2.24. The van der Waals surface area contributed by atoms with Crippen LogP contribution in [0.2, 0.25) is 5.02 Å². The Labute approximate surface area is 129 Å². The Kier molecular flexibility index (Phi) is 3.61. The zero-order chi connectivity index (χ0) is 15.0. The molecule has 0 bridgehead atoms. The molecule has 0 spiro atoms. The normalized spacial score (nSPS) is 18.8. The van der Waals surface area contributed by atoms with E-state index in [1.165, 1.54) is 12.8 Å². The fourth-order valence-electron chi connectivity index (χ4n) is 2.97. The van der Waals surface area contributed by atoms with Gasteiger partial charge in [0.05, 0.1) is 16.8 Å². The number of anilines is 1. The van der Waals surface area contributed by atoms with E-state index in [4.69, 9.17) is 17.3 Å². The highest BCUT2D eigenvalue weighted by atomic mass is 35.5. The van der Waals surface area contributed by atoms with Crippen LogP contribution >= 0.6 is 11.6 Å². The van der Waals surface area contributed by atoms with Gasteiger partial charge in [-0.15, -0.1) is 5.10 Å². The summed E-state index contributed by atoms with van der Waals surface area (Å²) < 4.78 is 1.91. The molecule has 2 N–H and O–H groups in total. The van der Waals surface area contributed by atoms with E-state index in [9.17, 15) is 0 Å². The van der Waals surface area contributed by atoms with Gasteiger partial charge in [-0.1, -0.05) is 31.5 Å². The molecular formula is C15H20ClN5. The van der Waals surface area contributed by atoms with Gasteiger partial charge in [-0.25, -0.2) is 4.68 Å². The van der Waals surface area contributed by atoms with Crippen molar-refractivity contribution in [3.05, 3.63) is 23.2 Å². The summed E-state index contributed by atoms with van der Waals surface area (Å²) >= 11 is 6.31. The smallest absolute Gasteiger partial charge is 0.183 e. The molecule has 1 aromatic heterocycles. The molecule has 1 saturated carbocycles. The first-order chi connectivity index (χ1) is 9.98. The van der Waals surface area contributed by atoms with E-state index >= 15 is 0 Å². The van der Waals surface area contributed by atoms with E-state index in [0.29, 0.717) is 28.0 Å². The zero-order valence-electron chi connectivity index (χ0n) is 12.4. The van der Waals surface area contributed by atoms with E-state index in [-0.39, 0.29) is 0 Å². The third-order valence-corrected chi connectivity index (χ3v) is 4.84. The second kappa shape index (κ2) is 5.30. The van der Waals surface area contributed by atoms with Crippen LogP contribution in [0.25, 0.3) is 11.4 Å². The van der Waals surface area contributed by atoms with Crippen LogP contribution in [0.15, 0.2) is 18.2 Å². The van der Waals surface area contributed by atoms with Gasteiger partial charge in [0.1, 0.15) is 0 Å². The molecule has 1 aliphatic rings. The molecule has 1 aromatic carbocycles. The molecule has 3 rings (SSSR count). The van der Waals surface area contributed by atoms with E-state index in [0.717, 1.165) is 18.4 Å². The molecule has 0 atom stereocenters. The molecule has 112 valence electrons.